The van der Waals surface area contributed by atoms with E-state index < -0.39 is 0 Å². The number of nitrogens with one attached hydrogen (secondary N) is 1. The minimum absolute atomic E-state index is 0.0141. The number of anilines is 1. The van der Waals surface area contributed by atoms with Gasteiger partial charge >= 0.3 is 0 Å². The zero-order valence-electron chi connectivity index (χ0n) is 11.4. The molecule has 2 rings (SSSR count). The van der Waals surface area contributed by atoms with E-state index in [0.29, 0.717) is 5.69 Å². The molecule has 0 fully saturated rings. The fourth-order valence-corrected chi connectivity index (χ4v) is 1.87. The van der Waals surface area contributed by atoms with E-state index >= 15 is 0 Å². The Kier molecular flexibility index (Phi) is 4.56. The highest BCUT2D eigenvalue weighted by Crippen LogP contribution is 2.11. The van der Waals surface area contributed by atoms with E-state index in [4.69, 9.17) is 5.73 Å². The van der Waals surface area contributed by atoms with Crippen LogP contribution in [-0.2, 0) is 4.79 Å². The Balaban J connectivity index is 1.94. The summed E-state index contributed by atoms with van der Waals surface area (Å²) < 4.78 is 0. The van der Waals surface area contributed by atoms with Gasteiger partial charge in [-0.05, 0) is 36.3 Å². The van der Waals surface area contributed by atoms with Crippen molar-refractivity contribution in [3.63, 3.8) is 0 Å². The lowest BCUT2D eigenvalue weighted by Gasteiger charge is -2.12. The standard InChI is InChI=1S/C17H18N2O/c1-13(15-5-3-2-4-6-15)19-17(20)12-9-14-7-10-16(18)11-8-14/h2-13H,18H2,1H3,(H,19,20)/b12-9+/t13-/m0/s1. The third kappa shape index (κ3) is 3.99. The average molecular weight is 266 g/mol. The van der Waals surface area contributed by atoms with E-state index in [1.807, 2.05) is 61.5 Å². The van der Waals surface area contributed by atoms with Crippen LogP contribution in [0.1, 0.15) is 24.1 Å². The molecule has 0 saturated carbocycles. The van der Waals surface area contributed by atoms with Crippen molar-refractivity contribution in [1.82, 2.24) is 5.32 Å². The van der Waals surface area contributed by atoms with Crippen LogP contribution in [0.15, 0.2) is 60.7 Å². The summed E-state index contributed by atoms with van der Waals surface area (Å²) >= 11 is 0. The van der Waals surface area contributed by atoms with Crippen LogP contribution in [0, 0.1) is 0 Å². The largest absolute Gasteiger partial charge is 0.399 e. The molecule has 1 amide bonds. The molecule has 102 valence electrons. The molecular weight excluding hydrogens is 248 g/mol. The average Bonchev–Trinajstić information content (AvgIpc) is 2.47. The van der Waals surface area contributed by atoms with Crippen molar-refractivity contribution in [1.29, 1.82) is 0 Å². The van der Waals surface area contributed by atoms with Gasteiger partial charge in [-0.1, -0.05) is 42.5 Å². The number of benzene rings is 2. The Morgan fingerprint density at radius 1 is 1.10 bits per heavy atom. The number of carbonyl (C=O) groups is 1. The van der Waals surface area contributed by atoms with E-state index in [0.717, 1.165) is 11.1 Å². The first-order chi connectivity index (χ1) is 9.65. The monoisotopic (exact) mass is 266 g/mol. The van der Waals surface area contributed by atoms with Crippen LogP contribution in [0.2, 0.25) is 0 Å². The van der Waals surface area contributed by atoms with Gasteiger partial charge in [-0.3, -0.25) is 4.79 Å². The number of nitrogen functional groups attached to an aromatic ring is 1. The van der Waals surface area contributed by atoms with Gasteiger partial charge in [0, 0.05) is 11.8 Å². The molecule has 1 atom stereocenters. The normalized spacial score (nSPS) is 12.2. The lowest BCUT2D eigenvalue weighted by atomic mass is 10.1. The van der Waals surface area contributed by atoms with E-state index in [2.05, 4.69) is 5.32 Å². The Hall–Kier alpha value is -2.55. The molecule has 2 aromatic carbocycles. The minimum atomic E-state index is -0.113. The van der Waals surface area contributed by atoms with Crippen molar-refractivity contribution in [2.24, 2.45) is 0 Å². The molecule has 0 aromatic heterocycles. The lowest BCUT2D eigenvalue weighted by molar-refractivity contribution is -0.117. The second-order valence-electron chi connectivity index (χ2n) is 4.64. The maximum Gasteiger partial charge on any atom is 0.244 e. The summed E-state index contributed by atoms with van der Waals surface area (Å²) in [7, 11) is 0. The summed E-state index contributed by atoms with van der Waals surface area (Å²) in [4.78, 5) is 11.8. The molecule has 3 N–H and O–H groups in total. The Bertz CT molecular complexity index is 588. The maximum absolute atomic E-state index is 11.8. The summed E-state index contributed by atoms with van der Waals surface area (Å²) in [6.45, 7) is 1.96. The first-order valence-electron chi connectivity index (χ1n) is 6.54. The highest BCUT2D eigenvalue weighted by Gasteiger charge is 2.06. The first-order valence-corrected chi connectivity index (χ1v) is 6.54. The molecule has 0 radical (unpaired) electrons. The van der Waals surface area contributed by atoms with Gasteiger partial charge in [-0.2, -0.15) is 0 Å². The molecule has 20 heavy (non-hydrogen) atoms. The Morgan fingerprint density at radius 3 is 2.40 bits per heavy atom. The van der Waals surface area contributed by atoms with Crippen LogP contribution in [0.25, 0.3) is 6.08 Å². The first kappa shape index (κ1) is 13.9. The molecule has 0 aliphatic rings. The molecule has 2 aromatic rings. The van der Waals surface area contributed by atoms with Crippen LogP contribution in [0.3, 0.4) is 0 Å². The molecular formula is C17H18N2O. The number of hydrogen-bond donors (Lipinski definition) is 2. The van der Waals surface area contributed by atoms with Crippen LogP contribution >= 0.6 is 0 Å². The molecule has 0 saturated heterocycles. The van der Waals surface area contributed by atoms with Crippen LogP contribution in [-0.4, -0.2) is 5.91 Å². The third-order valence-electron chi connectivity index (χ3n) is 3.02. The summed E-state index contributed by atoms with van der Waals surface area (Å²) in [6.07, 6.45) is 3.30. The van der Waals surface area contributed by atoms with Gasteiger partial charge in [0.1, 0.15) is 0 Å². The van der Waals surface area contributed by atoms with Crippen molar-refractivity contribution in [2.45, 2.75) is 13.0 Å². The van der Waals surface area contributed by atoms with Gasteiger partial charge in [0.05, 0.1) is 6.04 Å². The second-order valence-corrected chi connectivity index (χ2v) is 4.64. The van der Waals surface area contributed by atoms with Gasteiger partial charge in [-0.15, -0.1) is 0 Å². The lowest BCUT2D eigenvalue weighted by Crippen LogP contribution is -2.24. The Morgan fingerprint density at radius 2 is 1.75 bits per heavy atom. The molecule has 0 spiro atoms. The maximum atomic E-state index is 11.8. The fourth-order valence-electron chi connectivity index (χ4n) is 1.87. The zero-order chi connectivity index (χ0) is 14.4. The second kappa shape index (κ2) is 6.57. The van der Waals surface area contributed by atoms with Crippen molar-refractivity contribution in [3.8, 4) is 0 Å². The summed E-state index contributed by atoms with van der Waals surface area (Å²) in [6, 6.07) is 17.2. The number of amides is 1. The molecule has 0 heterocycles. The minimum Gasteiger partial charge on any atom is -0.399 e. The smallest absolute Gasteiger partial charge is 0.244 e. The SMILES string of the molecule is C[C@H](NC(=O)/C=C/c1ccc(N)cc1)c1ccccc1. The highest BCUT2D eigenvalue weighted by molar-refractivity contribution is 5.92. The molecule has 3 nitrogen and oxygen atoms in total. The van der Waals surface area contributed by atoms with Gasteiger partial charge < -0.3 is 11.1 Å². The van der Waals surface area contributed by atoms with Gasteiger partial charge in [-0.25, -0.2) is 0 Å². The van der Waals surface area contributed by atoms with E-state index in [-0.39, 0.29) is 11.9 Å². The fraction of sp³-hybridized carbons (Fsp3) is 0.118. The van der Waals surface area contributed by atoms with Crippen LogP contribution in [0.4, 0.5) is 5.69 Å². The highest BCUT2D eigenvalue weighted by atomic mass is 16.1. The van der Waals surface area contributed by atoms with Crippen molar-refractivity contribution in [3.05, 3.63) is 71.8 Å². The van der Waals surface area contributed by atoms with E-state index in [1.54, 1.807) is 6.08 Å². The molecule has 0 bridgehead atoms. The Labute approximate surface area is 119 Å². The van der Waals surface area contributed by atoms with Crippen LogP contribution < -0.4 is 11.1 Å². The van der Waals surface area contributed by atoms with Crippen molar-refractivity contribution >= 4 is 17.7 Å². The number of rotatable bonds is 4. The number of carbonyl (C=O) groups excluding carboxylic acids is 1. The number of hydrogen-bond acceptors (Lipinski definition) is 2. The number of nitrogens with two attached hydrogens (primary N) is 1. The van der Waals surface area contributed by atoms with Crippen molar-refractivity contribution < 1.29 is 4.79 Å². The van der Waals surface area contributed by atoms with Crippen LogP contribution in [0.5, 0.6) is 0 Å². The molecule has 0 unspecified atom stereocenters. The van der Waals surface area contributed by atoms with Gasteiger partial charge in [0.25, 0.3) is 0 Å². The molecule has 0 aliphatic heterocycles. The van der Waals surface area contributed by atoms with Crippen molar-refractivity contribution in [2.75, 3.05) is 5.73 Å². The third-order valence-corrected chi connectivity index (χ3v) is 3.02. The predicted molar refractivity (Wildman–Crippen MR) is 82.9 cm³/mol. The topological polar surface area (TPSA) is 55.1 Å². The quantitative estimate of drug-likeness (QED) is 0.659. The molecule has 3 heteroatoms. The van der Waals surface area contributed by atoms with E-state index in [1.165, 1.54) is 6.08 Å². The predicted octanol–water partition coefficient (Wildman–Crippen LogP) is 3.16. The van der Waals surface area contributed by atoms with E-state index in [9.17, 15) is 4.79 Å². The zero-order valence-corrected chi connectivity index (χ0v) is 11.4. The molecule has 0 aliphatic carbocycles. The summed E-state index contributed by atoms with van der Waals surface area (Å²) in [5.41, 5.74) is 8.35. The van der Waals surface area contributed by atoms with Gasteiger partial charge in [0.2, 0.25) is 5.91 Å². The summed E-state index contributed by atoms with van der Waals surface area (Å²) in [5, 5.41) is 2.93. The van der Waals surface area contributed by atoms with Gasteiger partial charge in [0.15, 0.2) is 0 Å². The summed E-state index contributed by atoms with van der Waals surface area (Å²) in [5.74, 6) is -0.113.